The third-order valence-electron chi connectivity index (χ3n) is 5.77. The van der Waals surface area contributed by atoms with Gasteiger partial charge in [0, 0.05) is 30.3 Å². The van der Waals surface area contributed by atoms with Crippen molar-refractivity contribution < 1.29 is 9.59 Å². The van der Waals surface area contributed by atoms with Gasteiger partial charge in [0.2, 0.25) is 5.91 Å². The van der Waals surface area contributed by atoms with Crippen LogP contribution in [0.3, 0.4) is 0 Å². The summed E-state index contributed by atoms with van der Waals surface area (Å²) in [6.07, 6.45) is 5.17. The van der Waals surface area contributed by atoms with Gasteiger partial charge in [-0.1, -0.05) is 13.3 Å². The number of piperidine rings is 1. The third kappa shape index (κ3) is 4.21. The average molecular weight is 343 g/mol. The molecule has 0 radical (unpaired) electrons. The Kier molecular flexibility index (Phi) is 5.74. The number of anilines is 1. The molecule has 1 aliphatic heterocycles. The van der Waals surface area contributed by atoms with Gasteiger partial charge in [-0.2, -0.15) is 0 Å². The molecule has 2 aliphatic rings. The summed E-state index contributed by atoms with van der Waals surface area (Å²) >= 11 is 0. The molecule has 25 heavy (non-hydrogen) atoms. The van der Waals surface area contributed by atoms with Gasteiger partial charge in [0.15, 0.2) is 0 Å². The Hall–Kier alpha value is -1.88. The van der Waals surface area contributed by atoms with E-state index in [4.69, 9.17) is 5.73 Å². The van der Waals surface area contributed by atoms with E-state index in [1.807, 2.05) is 29.2 Å². The Balaban J connectivity index is 1.58. The maximum Gasteiger partial charge on any atom is 0.253 e. The molecule has 1 aromatic rings. The van der Waals surface area contributed by atoms with Crippen LogP contribution < -0.4 is 11.1 Å². The normalized spacial score (nSPS) is 24.3. The molecule has 2 atom stereocenters. The number of nitrogens with two attached hydrogens (primary N) is 1. The first-order valence-corrected chi connectivity index (χ1v) is 9.48. The third-order valence-corrected chi connectivity index (χ3v) is 5.77. The van der Waals surface area contributed by atoms with Crippen molar-refractivity contribution in [2.24, 2.45) is 23.5 Å². The van der Waals surface area contributed by atoms with E-state index < -0.39 is 0 Å². The summed E-state index contributed by atoms with van der Waals surface area (Å²) in [6, 6.07) is 7.27. The van der Waals surface area contributed by atoms with E-state index in [1.165, 1.54) is 0 Å². The lowest BCUT2D eigenvalue weighted by molar-refractivity contribution is -0.120. The number of hydrogen-bond acceptors (Lipinski definition) is 3. The van der Waals surface area contributed by atoms with Gasteiger partial charge in [0.25, 0.3) is 5.91 Å². The molecule has 1 heterocycles. The fraction of sp³-hybridized carbons (Fsp3) is 0.600. The van der Waals surface area contributed by atoms with Crippen molar-refractivity contribution in [2.75, 3.05) is 25.0 Å². The summed E-state index contributed by atoms with van der Waals surface area (Å²) in [6.45, 7) is 4.47. The predicted molar refractivity (Wildman–Crippen MR) is 99.3 cm³/mol. The van der Waals surface area contributed by atoms with Crippen molar-refractivity contribution in [1.82, 2.24) is 4.90 Å². The minimum atomic E-state index is 0.0154. The van der Waals surface area contributed by atoms with Crippen molar-refractivity contribution >= 4 is 17.5 Å². The number of amides is 2. The molecule has 5 nitrogen and oxygen atoms in total. The van der Waals surface area contributed by atoms with Gasteiger partial charge in [-0.25, -0.2) is 0 Å². The smallest absolute Gasteiger partial charge is 0.253 e. The van der Waals surface area contributed by atoms with E-state index in [0.717, 1.165) is 50.9 Å². The lowest BCUT2D eigenvalue weighted by Crippen LogP contribution is -2.37. The highest BCUT2D eigenvalue weighted by Crippen LogP contribution is 2.31. The fourth-order valence-electron chi connectivity index (χ4n) is 3.99. The second-order valence-corrected chi connectivity index (χ2v) is 7.57. The summed E-state index contributed by atoms with van der Waals surface area (Å²) in [5.74, 6) is 1.15. The number of benzene rings is 1. The average Bonchev–Trinajstić information content (AvgIpc) is 3.11. The van der Waals surface area contributed by atoms with Crippen LogP contribution in [0.1, 0.15) is 49.4 Å². The maximum absolute atomic E-state index is 12.6. The second kappa shape index (κ2) is 8.00. The van der Waals surface area contributed by atoms with Crippen molar-refractivity contribution in [2.45, 2.75) is 39.0 Å². The van der Waals surface area contributed by atoms with Crippen molar-refractivity contribution in [3.05, 3.63) is 29.8 Å². The van der Waals surface area contributed by atoms with Crippen LogP contribution in [0.4, 0.5) is 5.69 Å². The molecular formula is C20H29N3O2. The van der Waals surface area contributed by atoms with Gasteiger partial charge in [0.05, 0.1) is 0 Å². The SMILES string of the molecule is CC1CCN(C(=O)c2ccc(NC(=O)[C@@H]3CCC[C@@H]3CN)cc2)CC1. The first-order valence-electron chi connectivity index (χ1n) is 9.48. The van der Waals surface area contributed by atoms with Crippen LogP contribution in [-0.4, -0.2) is 36.3 Å². The van der Waals surface area contributed by atoms with Crippen LogP contribution in [0.25, 0.3) is 0 Å². The van der Waals surface area contributed by atoms with E-state index >= 15 is 0 Å². The lowest BCUT2D eigenvalue weighted by Gasteiger charge is -2.30. The molecule has 0 bridgehead atoms. The van der Waals surface area contributed by atoms with Crippen LogP contribution in [0.5, 0.6) is 0 Å². The zero-order valence-electron chi connectivity index (χ0n) is 15.0. The number of nitrogens with one attached hydrogen (secondary N) is 1. The van der Waals surface area contributed by atoms with E-state index in [2.05, 4.69) is 12.2 Å². The standard InChI is InChI=1S/C20H29N3O2/c1-14-9-11-23(12-10-14)20(25)15-5-7-17(8-6-15)22-19(24)18-4-2-3-16(18)13-21/h5-8,14,16,18H,2-4,9-13,21H2,1H3,(H,22,24)/t16-,18-/m1/s1. The number of carbonyl (C=O) groups excluding carboxylic acids is 2. The van der Waals surface area contributed by atoms with Crippen LogP contribution >= 0.6 is 0 Å². The van der Waals surface area contributed by atoms with Crippen LogP contribution in [0.15, 0.2) is 24.3 Å². The number of nitrogens with zero attached hydrogens (tertiary/aromatic N) is 1. The molecule has 1 aromatic carbocycles. The highest BCUT2D eigenvalue weighted by atomic mass is 16.2. The molecule has 0 unspecified atom stereocenters. The summed E-state index contributed by atoms with van der Waals surface area (Å²) in [5.41, 5.74) is 7.20. The van der Waals surface area contributed by atoms with E-state index in [9.17, 15) is 9.59 Å². The highest BCUT2D eigenvalue weighted by Gasteiger charge is 2.31. The minimum Gasteiger partial charge on any atom is -0.339 e. The number of carbonyl (C=O) groups is 2. The first kappa shape index (κ1) is 17.9. The number of hydrogen-bond donors (Lipinski definition) is 2. The van der Waals surface area contributed by atoms with Gasteiger partial charge in [0.1, 0.15) is 0 Å². The molecule has 3 N–H and O–H groups in total. The van der Waals surface area contributed by atoms with E-state index in [-0.39, 0.29) is 17.7 Å². The summed E-state index contributed by atoms with van der Waals surface area (Å²) in [4.78, 5) is 26.9. The Labute approximate surface area is 150 Å². The van der Waals surface area contributed by atoms with Crippen molar-refractivity contribution in [3.8, 4) is 0 Å². The van der Waals surface area contributed by atoms with Crippen molar-refractivity contribution in [1.29, 1.82) is 0 Å². The van der Waals surface area contributed by atoms with Crippen LogP contribution in [0, 0.1) is 17.8 Å². The van der Waals surface area contributed by atoms with E-state index in [1.54, 1.807) is 0 Å². The molecule has 136 valence electrons. The lowest BCUT2D eigenvalue weighted by atomic mass is 9.95. The fourth-order valence-corrected chi connectivity index (χ4v) is 3.99. The maximum atomic E-state index is 12.6. The van der Waals surface area contributed by atoms with Gasteiger partial charge < -0.3 is 16.0 Å². The molecule has 2 fully saturated rings. The molecule has 0 spiro atoms. The number of likely N-dealkylation sites (tertiary alicyclic amines) is 1. The Morgan fingerprint density at radius 1 is 1.12 bits per heavy atom. The Morgan fingerprint density at radius 2 is 1.80 bits per heavy atom. The Morgan fingerprint density at radius 3 is 2.44 bits per heavy atom. The van der Waals surface area contributed by atoms with Gasteiger partial charge in [-0.15, -0.1) is 0 Å². The molecular weight excluding hydrogens is 314 g/mol. The van der Waals surface area contributed by atoms with E-state index in [0.29, 0.717) is 23.9 Å². The van der Waals surface area contributed by atoms with Crippen LogP contribution in [0.2, 0.25) is 0 Å². The van der Waals surface area contributed by atoms with Gasteiger partial charge in [-0.3, -0.25) is 9.59 Å². The molecule has 1 aliphatic carbocycles. The second-order valence-electron chi connectivity index (χ2n) is 7.57. The van der Waals surface area contributed by atoms with Gasteiger partial charge in [-0.05, 0) is 68.3 Å². The topological polar surface area (TPSA) is 75.4 Å². The molecule has 1 saturated carbocycles. The molecule has 1 saturated heterocycles. The molecule has 5 heteroatoms. The van der Waals surface area contributed by atoms with Crippen molar-refractivity contribution in [3.63, 3.8) is 0 Å². The minimum absolute atomic E-state index is 0.0154. The highest BCUT2D eigenvalue weighted by molar-refractivity contribution is 5.96. The number of rotatable bonds is 4. The monoisotopic (exact) mass is 343 g/mol. The van der Waals surface area contributed by atoms with Gasteiger partial charge >= 0.3 is 0 Å². The molecule has 3 rings (SSSR count). The zero-order chi connectivity index (χ0) is 17.8. The molecule has 0 aromatic heterocycles. The van der Waals surface area contributed by atoms with Crippen LogP contribution in [-0.2, 0) is 4.79 Å². The Bertz CT molecular complexity index is 606. The predicted octanol–water partition coefficient (Wildman–Crippen LogP) is 2.87. The summed E-state index contributed by atoms with van der Waals surface area (Å²) in [7, 11) is 0. The zero-order valence-corrected chi connectivity index (χ0v) is 15.0. The largest absolute Gasteiger partial charge is 0.339 e. The quantitative estimate of drug-likeness (QED) is 0.883. The summed E-state index contributed by atoms with van der Waals surface area (Å²) in [5, 5.41) is 2.98. The molecule has 2 amide bonds. The summed E-state index contributed by atoms with van der Waals surface area (Å²) < 4.78 is 0. The first-order chi connectivity index (χ1) is 12.1.